The van der Waals surface area contributed by atoms with Gasteiger partial charge in [-0.05, 0) is 6.42 Å². The molecule has 0 aliphatic carbocycles. The van der Waals surface area contributed by atoms with Crippen LogP contribution in [0.15, 0.2) is 12.2 Å². The third-order valence-corrected chi connectivity index (χ3v) is 3.27. The summed E-state index contributed by atoms with van der Waals surface area (Å²) in [7, 11) is 3.89. The van der Waals surface area contributed by atoms with Gasteiger partial charge >= 0.3 is 5.97 Å². The number of carbonyl (C=O) groups is 2. The Balaban J connectivity index is 0. The van der Waals surface area contributed by atoms with Gasteiger partial charge in [-0.1, -0.05) is 33.3 Å². The lowest BCUT2D eigenvalue weighted by atomic mass is 9.94. The first kappa shape index (κ1) is 21.4. The fourth-order valence-corrected chi connectivity index (χ4v) is 1.92. The largest absolute Gasteiger partial charge is 1.00 e. The standard InChI is InChI=1S/C14H26N2O3.BrH/c1-6-8-9-11(14(18)19)10(3)13(17)15-12(7-2)16(4)5;/h11-12H,3,6-9H2,1-2,4-5H3,(H,15,17)(H,18,19);1H. The first-order valence-electron chi connectivity index (χ1n) is 6.87. The number of nitrogens with one attached hydrogen (secondary N) is 2. The van der Waals surface area contributed by atoms with Crippen LogP contribution < -0.4 is 27.2 Å². The normalized spacial score (nSPS) is 13.2. The van der Waals surface area contributed by atoms with Gasteiger partial charge in [-0.25, -0.2) is 0 Å². The SMILES string of the molecule is C=C(C(=O)NC(CC)[NH+](C)C)C(CCCC)C(=O)O.[Br-]. The number of unbranched alkanes of at least 4 members (excludes halogenated alkanes) is 1. The Morgan fingerprint density at radius 3 is 2.20 bits per heavy atom. The second kappa shape index (κ2) is 10.9. The molecule has 0 aliphatic heterocycles. The minimum Gasteiger partial charge on any atom is -1.00 e. The van der Waals surface area contributed by atoms with Crippen molar-refractivity contribution in [2.45, 2.75) is 45.7 Å². The maximum absolute atomic E-state index is 12.0. The quantitative estimate of drug-likeness (QED) is 0.316. The Hall–Kier alpha value is -0.880. The van der Waals surface area contributed by atoms with E-state index >= 15 is 0 Å². The van der Waals surface area contributed by atoms with Crippen LogP contribution in [0.3, 0.4) is 0 Å². The Morgan fingerprint density at radius 2 is 1.85 bits per heavy atom. The van der Waals surface area contributed by atoms with Gasteiger partial charge in [-0.3, -0.25) is 9.59 Å². The van der Waals surface area contributed by atoms with E-state index in [9.17, 15) is 14.7 Å². The van der Waals surface area contributed by atoms with E-state index in [0.717, 1.165) is 24.2 Å². The molecule has 0 saturated heterocycles. The number of carbonyl (C=O) groups excluding carboxylic acids is 1. The maximum Gasteiger partial charge on any atom is 0.311 e. The molecule has 0 aromatic carbocycles. The molecule has 0 spiro atoms. The van der Waals surface area contributed by atoms with Crippen molar-refractivity contribution in [3.8, 4) is 0 Å². The second-order valence-electron chi connectivity index (χ2n) is 5.07. The van der Waals surface area contributed by atoms with E-state index < -0.39 is 11.9 Å². The van der Waals surface area contributed by atoms with Crippen molar-refractivity contribution < 1.29 is 36.6 Å². The molecule has 0 heterocycles. The van der Waals surface area contributed by atoms with Crippen LogP contribution in [0, 0.1) is 5.92 Å². The minimum atomic E-state index is -0.973. The Labute approximate surface area is 132 Å². The van der Waals surface area contributed by atoms with Gasteiger partial charge in [0.05, 0.1) is 20.0 Å². The third-order valence-electron chi connectivity index (χ3n) is 3.27. The number of aliphatic carboxylic acids is 1. The van der Waals surface area contributed by atoms with Gasteiger partial charge in [-0.2, -0.15) is 0 Å². The molecule has 0 rings (SSSR count). The van der Waals surface area contributed by atoms with Crippen molar-refractivity contribution in [2.24, 2.45) is 5.92 Å². The summed E-state index contributed by atoms with van der Waals surface area (Å²) in [5, 5.41) is 12.0. The van der Waals surface area contributed by atoms with E-state index in [2.05, 4.69) is 11.9 Å². The number of hydrogen-bond donors (Lipinski definition) is 3. The highest BCUT2D eigenvalue weighted by atomic mass is 79.9. The number of amides is 1. The van der Waals surface area contributed by atoms with Crippen molar-refractivity contribution in [3.05, 3.63) is 12.2 Å². The summed E-state index contributed by atoms with van der Waals surface area (Å²) >= 11 is 0. The van der Waals surface area contributed by atoms with Gasteiger partial charge in [0.2, 0.25) is 0 Å². The van der Waals surface area contributed by atoms with E-state index in [-0.39, 0.29) is 34.6 Å². The van der Waals surface area contributed by atoms with Crippen molar-refractivity contribution in [1.29, 1.82) is 0 Å². The molecule has 118 valence electrons. The number of hydrogen-bond acceptors (Lipinski definition) is 2. The molecular formula is C14H27BrN2O3. The zero-order valence-electron chi connectivity index (χ0n) is 12.8. The molecular weight excluding hydrogens is 324 g/mol. The summed E-state index contributed by atoms with van der Waals surface area (Å²) < 4.78 is 0. The average molecular weight is 351 g/mol. The molecule has 6 heteroatoms. The van der Waals surface area contributed by atoms with E-state index in [1.807, 2.05) is 27.9 Å². The molecule has 2 atom stereocenters. The lowest BCUT2D eigenvalue weighted by Gasteiger charge is -2.23. The zero-order valence-corrected chi connectivity index (χ0v) is 14.4. The average Bonchev–Trinajstić information content (AvgIpc) is 2.34. The van der Waals surface area contributed by atoms with E-state index in [1.165, 1.54) is 0 Å². The van der Waals surface area contributed by atoms with Crippen LogP contribution in [0.25, 0.3) is 0 Å². The number of carboxylic acid groups (broad SMARTS) is 1. The smallest absolute Gasteiger partial charge is 0.311 e. The molecule has 2 unspecified atom stereocenters. The maximum atomic E-state index is 12.0. The van der Waals surface area contributed by atoms with Gasteiger partial charge in [0.25, 0.3) is 5.91 Å². The lowest BCUT2D eigenvalue weighted by Crippen LogP contribution is -3.12. The second-order valence-corrected chi connectivity index (χ2v) is 5.07. The Bertz CT molecular complexity index is 332. The van der Waals surface area contributed by atoms with Crippen molar-refractivity contribution >= 4 is 11.9 Å². The van der Waals surface area contributed by atoms with Crippen LogP contribution >= 0.6 is 0 Å². The van der Waals surface area contributed by atoms with Crippen LogP contribution in [0.5, 0.6) is 0 Å². The predicted molar refractivity (Wildman–Crippen MR) is 74.8 cm³/mol. The molecule has 0 fully saturated rings. The monoisotopic (exact) mass is 350 g/mol. The summed E-state index contributed by atoms with van der Waals surface area (Å²) in [5.74, 6) is -2.11. The summed E-state index contributed by atoms with van der Waals surface area (Å²) in [6.07, 6.45) is 2.90. The third kappa shape index (κ3) is 7.05. The highest BCUT2D eigenvalue weighted by Crippen LogP contribution is 2.17. The van der Waals surface area contributed by atoms with Gasteiger partial charge < -0.3 is 32.3 Å². The molecule has 1 amide bonds. The van der Waals surface area contributed by atoms with Gasteiger partial charge in [0, 0.05) is 12.0 Å². The van der Waals surface area contributed by atoms with Crippen LogP contribution in [0.2, 0.25) is 0 Å². The van der Waals surface area contributed by atoms with Crippen molar-refractivity contribution in [1.82, 2.24) is 5.32 Å². The summed E-state index contributed by atoms with van der Waals surface area (Å²) in [4.78, 5) is 24.3. The van der Waals surface area contributed by atoms with Crippen LogP contribution in [0.1, 0.15) is 39.5 Å². The molecule has 0 aromatic rings. The number of rotatable bonds is 9. The van der Waals surface area contributed by atoms with Gasteiger partial charge in [-0.15, -0.1) is 0 Å². The summed E-state index contributed by atoms with van der Waals surface area (Å²) in [6.45, 7) is 7.64. The number of quaternary nitrogens is 1. The van der Waals surface area contributed by atoms with Crippen molar-refractivity contribution in [3.63, 3.8) is 0 Å². The molecule has 0 saturated carbocycles. The van der Waals surface area contributed by atoms with Crippen LogP contribution in [-0.4, -0.2) is 37.2 Å². The Kier molecular flexibility index (Phi) is 11.6. The lowest BCUT2D eigenvalue weighted by molar-refractivity contribution is -0.888. The highest BCUT2D eigenvalue weighted by molar-refractivity contribution is 5.98. The predicted octanol–water partition coefficient (Wildman–Crippen LogP) is -2.57. The van der Waals surface area contributed by atoms with Crippen molar-refractivity contribution in [2.75, 3.05) is 14.1 Å². The molecule has 0 radical (unpaired) electrons. The fraction of sp³-hybridized carbons (Fsp3) is 0.714. The van der Waals surface area contributed by atoms with Gasteiger partial charge in [0.15, 0.2) is 6.17 Å². The molecule has 0 aromatic heterocycles. The molecule has 20 heavy (non-hydrogen) atoms. The Morgan fingerprint density at radius 1 is 1.30 bits per heavy atom. The summed E-state index contributed by atoms with van der Waals surface area (Å²) in [5.41, 5.74) is 0.153. The fourth-order valence-electron chi connectivity index (χ4n) is 1.92. The minimum absolute atomic E-state index is 0. The molecule has 5 nitrogen and oxygen atoms in total. The van der Waals surface area contributed by atoms with Crippen LogP contribution in [0.4, 0.5) is 0 Å². The zero-order chi connectivity index (χ0) is 15.0. The van der Waals surface area contributed by atoms with Gasteiger partial charge in [0.1, 0.15) is 0 Å². The highest BCUT2D eigenvalue weighted by Gasteiger charge is 2.27. The summed E-state index contributed by atoms with van der Waals surface area (Å²) in [6, 6.07) is 0. The molecule has 0 aliphatic rings. The first-order valence-corrected chi connectivity index (χ1v) is 6.87. The van der Waals surface area contributed by atoms with E-state index in [0.29, 0.717) is 6.42 Å². The first-order chi connectivity index (χ1) is 8.84. The van der Waals surface area contributed by atoms with Crippen LogP contribution in [-0.2, 0) is 9.59 Å². The van der Waals surface area contributed by atoms with E-state index in [1.54, 1.807) is 0 Å². The number of halogens is 1. The van der Waals surface area contributed by atoms with E-state index in [4.69, 9.17) is 0 Å². The molecule has 0 bridgehead atoms. The molecule has 3 N–H and O–H groups in total. The number of carboxylic acids is 1. The topological polar surface area (TPSA) is 70.8 Å².